The normalized spacial score (nSPS) is 12.3. The average Bonchev–Trinajstić information content (AvgIpc) is 2.74. The van der Waals surface area contributed by atoms with Crippen LogP contribution in [0.5, 0.6) is 0 Å². The molecule has 2 heterocycles. The van der Waals surface area contributed by atoms with Crippen LogP contribution in [-0.2, 0) is 15.9 Å². The van der Waals surface area contributed by atoms with Gasteiger partial charge < -0.3 is 31.3 Å². The van der Waals surface area contributed by atoms with Crippen molar-refractivity contribution >= 4 is 42.1 Å². The van der Waals surface area contributed by atoms with Crippen molar-refractivity contribution in [3.8, 4) is 0 Å². The van der Waals surface area contributed by atoms with Gasteiger partial charge in [-0.15, -0.1) is 0 Å². The predicted octanol–water partition coefficient (Wildman–Crippen LogP) is 0.263. The van der Waals surface area contributed by atoms with Crippen LogP contribution in [0, 0.1) is 0 Å². The van der Waals surface area contributed by atoms with Crippen molar-refractivity contribution in [3.63, 3.8) is 0 Å². The molecule has 174 valence electrons. The molecule has 1 amide bonds. The fourth-order valence-corrected chi connectivity index (χ4v) is 3.51. The molecule has 0 aliphatic heterocycles. The zero-order chi connectivity index (χ0) is 24.2. The lowest BCUT2D eigenvalue weighted by atomic mass is 10.1. The van der Waals surface area contributed by atoms with Crippen molar-refractivity contribution in [1.82, 2.24) is 20.3 Å². The highest BCUT2D eigenvalue weighted by molar-refractivity contribution is 7.51. The number of hydrogen-bond donors (Lipinski definition) is 7. The third-order valence-corrected chi connectivity index (χ3v) is 5.43. The van der Waals surface area contributed by atoms with E-state index in [1.807, 2.05) is 0 Å². The molecular formula is C19H21N6O7P. The molecule has 33 heavy (non-hydrogen) atoms. The molecule has 0 fully saturated rings. The van der Waals surface area contributed by atoms with Crippen molar-refractivity contribution in [1.29, 1.82) is 0 Å². The number of aromatic nitrogens is 3. The molecule has 0 aliphatic carbocycles. The van der Waals surface area contributed by atoms with Gasteiger partial charge in [0.25, 0.3) is 11.5 Å². The monoisotopic (exact) mass is 476 g/mol. The fourth-order valence-electron chi connectivity index (χ4n) is 2.92. The molecule has 0 aliphatic rings. The van der Waals surface area contributed by atoms with Crippen LogP contribution in [0.1, 0.15) is 22.3 Å². The molecule has 2 aromatic heterocycles. The smallest absolute Gasteiger partial charge is 0.326 e. The summed E-state index contributed by atoms with van der Waals surface area (Å²) in [6.07, 6.45) is 0.481. The van der Waals surface area contributed by atoms with Crippen LogP contribution in [-0.4, -0.2) is 53.9 Å². The van der Waals surface area contributed by atoms with Crippen LogP contribution in [0.25, 0.3) is 11.0 Å². The molecule has 0 saturated carbocycles. The van der Waals surface area contributed by atoms with Gasteiger partial charge in [0, 0.05) is 24.0 Å². The Hall–Kier alpha value is -3.80. The van der Waals surface area contributed by atoms with Gasteiger partial charge in [-0.25, -0.2) is 9.78 Å². The quantitative estimate of drug-likeness (QED) is 0.208. The highest BCUT2D eigenvalue weighted by Crippen LogP contribution is 2.35. The number of H-pyrrole nitrogens is 1. The van der Waals surface area contributed by atoms with E-state index in [0.717, 1.165) is 0 Å². The van der Waals surface area contributed by atoms with E-state index in [1.165, 1.54) is 12.1 Å². The summed E-state index contributed by atoms with van der Waals surface area (Å²) in [6, 6.07) is 6.33. The van der Waals surface area contributed by atoms with Crippen LogP contribution in [0.3, 0.4) is 0 Å². The van der Waals surface area contributed by atoms with Crippen molar-refractivity contribution in [2.45, 2.75) is 19.0 Å². The lowest BCUT2D eigenvalue weighted by molar-refractivity contribution is -0.139. The fraction of sp³-hybridized carbons (Fsp3) is 0.211. The summed E-state index contributed by atoms with van der Waals surface area (Å²) in [5.41, 5.74) is 6.85. The van der Waals surface area contributed by atoms with Crippen molar-refractivity contribution in [3.05, 3.63) is 58.0 Å². The molecule has 1 atom stereocenters. The van der Waals surface area contributed by atoms with Crippen LogP contribution in [0.4, 0.5) is 11.6 Å². The van der Waals surface area contributed by atoms with E-state index >= 15 is 0 Å². The number of aromatic amines is 1. The minimum Gasteiger partial charge on any atom is -0.480 e. The molecule has 0 bridgehead atoms. The highest BCUT2D eigenvalue weighted by Gasteiger charge is 2.24. The number of carbonyl (C=O) groups is 2. The zero-order valence-electron chi connectivity index (χ0n) is 17.1. The first-order valence-corrected chi connectivity index (χ1v) is 11.4. The molecule has 0 saturated heterocycles. The number of hydrogen-bond acceptors (Lipinski definition) is 8. The summed E-state index contributed by atoms with van der Waals surface area (Å²) in [7, 11) is -4.39. The Morgan fingerprint density at radius 1 is 1.21 bits per heavy atom. The summed E-state index contributed by atoms with van der Waals surface area (Å²) in [5, 5.41) is 14.8. The number of nitrogens with two attached hydrogens (primary N) is 1. The molecule has 1 aromatic carbocycles. The molecular weight excluding hydrogens is 455 g/mol. The Bertz CT molecular complexity index is 1290. The first kappa shape index (κ1) is 23.9. The summed E-state index contributed by atoms with van der Waals surface area (Å²) >= 11 is 0. The second-order valence-electron chi connectivity index (χ2n) is 7.14. The maximum absolute atomic E-state index is 12.3. The van der Waals surface area contributed by atoms with E-state index in [0.29, 0.717) is 23.2 Å². The maximum Gasteiger partial charge on any atom is 0.326 e. The molecule has 13 nitrogen and oxygen atoms in total. The van der Waals surface area contributed by atoms with Gasteiger partial charge in [0.15, 0.2) is 5.65 Å². The van der Waals surface area contributed by atoms with E-state index in [4.69, 9.17) is 15.5 Å². The highest BCUT2D eigenvalue weighted by atomic mass is 31.2. The van der Waals surface area contributed by atoms with Crippen molar-refractivity contribution < 1.29 is 29.0 Å². The van der Waals surface area contributed by atoms with Crippen LogP contribution in [0.15, 0.2) is 41.3 Å². The zero-order valence-corrected chi connectivity index (χ0v) is 18.0. The Balaban J connectivity index is 1.62. The van der Waals surface area contributed by atoms with E-state index in [9.17, 15) is 24.1 Å². The third-order valence-electron chi connectivity index (χ3n) is 4.59. The van der Waals surface area contributed by atoms with E-state index in [-0.39, 0.29) is 17.2 Å². The predicted molar refractivity (Wildman–Crippen MR) is 119 cm³/mol. The van der Waals surface area contributed by atoms with Gasteiger partial charge in [-0.1, -0.05) is 0 Å². The van der Waals surface area contributed by atoms with Crippen molar-refractivity contribution in [2.75, 3.05) is 17.2 Å². The number of amides is 1. The molecule has 0 radical (unpaired) electrons. The summed E-state index contributed by atoms with van der Waals surface area (Å²) in [5.74, 6) is -2.10. The number of nitrogens with one attached hydrogen (secondary N) is 3. The van der Waals surface area contributed by atoms with E-state index in [1.54, 1.807) is 24.4 Å². The maximum atomic E-state index is 12.3. The van der Waals surface area contributed by atoms with Crippen LogP contribution in [0.2, 0.25) is 0 Å². The minimum absolute atomic E-state index is 0.0218. The Labute approximate surface area is 186 Å². The number of carbonyl (C=O) groups excluding carboxylic acids is 1. The molecule has 0 spiro atoms. The second-order valence-corrected chi connectivity index (χ2v) is 8.91. The summed E-state index contributed by atoms with van der Waals surface area (Å²) in [6.45, 7) is 0.321. The lowest BCUT2D eigenvalue weighted by Gasteiger charge is -2.15. The second kappa shape index (κ2) is 9.77. The van der Waals surface area contributed by atoms with Gasteiger partial charge in [-0.3, -0.25) is 19.1 Å². The first-order valence-electron chi connectivity index (χ1n) is 9.58. The van der Waals surface area contributed by atoms with Crippen molar-refractivity contribution in [2.24, 2.45) is 0 Å². The van der Waals surface area contributed by atoms with Crippen LogP contribution < -0.4 is 21.9 Å². The molecule has 14 heteroatoms. The summed E-state index contributed by atoms with van der Waals surface area (Å²) < 4.78 is 11.0. The SMILES string of the molecule is Nc1nc2ncc(CNc3ccc(C(=O)N[C@@H](CCP(=O)(O)O)C(=O)O)cc3)cc2c(=O)[nH]1. The lowest BCUT2D eigenvalue weighted by Crippen LogP contribution is -2.41. The number of carboxylic acid groups (broad SMARTS) is 1. The van der Waals surface area contributed by atoms with E-state index < -0.39 is 43.7 Å². The summed E-state index contributed by atoms with van der Waals surface area (Å²) in [4.78, 5) is 63.9. The molecule has 3 rings (SSSR count). The minimum atomic E-state index is -4.39. The number of rotatable bonds is 9. The number of nitrogens with zero attached hydrogens (tertiary/aromatic N) is 2. The van der Waals surface area contributed by atoms with Gasteiger partial charge in [-0.2, -0.15) is 4.98 Å². The molecule has 8 N–H and O–H groups in total. The largest absolute Gasteiger partial charge is 0.480 e. The number of carboxylic acids is 1. The first-order chi connectivity index (χ1) is 15.5. The number of fused-ring (bicyclic) bond motifs is 1. The van der Waals surface area contributed by atoms with Crippen LogP contribution >= 0.6 is 7.60 Å². The number of aliphatic carboxylic acids is 1. The van der Waals surface area contributed by atoms with Gasteiger partial charge in [0.2, 0.25) is 5.95 Å². The Morgan fingerprint density at radius 2 is 1.91 bits per heavy atom. The van der Waals surface area contributed by atoms with Gasteiger partial charge >= 0.3 is 13.6 Å². The van der Waals surface area contributed by atoms with E-state index in [2.05, 4.69) is 25.6 Å². The Morgan fingerprint density at radius 3 is 2.55 bits per heavy atom. The van der Waals surface area contributed by atoms with Gasteiger partial charge in [-0.05, 0) is 42.3 Å². The number of nitrogen functional groups attached to an aromatic ring is 1. The molecule has 0 unspecified atom stereocenters. The average molecular weight is 476 g/mol. The third kappa shape index (κ3) is 6.59. The standard InChI is InChI=1S/C19H21N6O7P/c20-19-24-15-13(17(27)25-19)7-10(9-22-15)8-21-12-3-1-11(2-4-12)16(26)23-14(18(28)29)5-6-33(30,31)32/h1-4,7,9,14,21H,5-6,8H2,(H,23,26)(H,28,29)(H2,30,31,32)(H3,20,22,24,25,27)/t14-/m0/s1. The van der Waals surface area contributed by atoms with Gasteiger partial charge in [0.05, 0.1) is 11.5 Å². The number of benzene rings is 1. The Kier molecular flexibility index (Phi) is 7.07. The topological polar surface area (TPSA) is 221 Å². The number of anilines is 2. The molecule has 3 aromatic rings. The van der Waals surface area contributed by atoms with Gasteiger partial charge in [0.1, 0.15) is 6.04 Å². The number of pyridine rings is 1.